The molecule has 0 spiro atoms. The molecule has 6 rings (SSSR count). The van der Waals surface area contributed by atoms with Gasteiger partial charge in [-0.15, -0.1) is 5.06 Å². The van der Waals surface area contributed by atoms with Gasteiger partial charge in [-0.2, -0.15) is 13.0 Å². The number of methoxy groups -OCH3 is 1. The van der Waals surface area contributed by atoms with Gasteiger partial charge in [0.2, 0.25) is 5.69 Å². The van der Waals surface area contributed by atoms with Crippen LogP contribution in [0.3, 0.4) is 0 Å². The van der Waals surface area contributed by atoms with E-state index in [-0.39, 0.29) is 35.1 Å². The van der Waals surface area contributed by atoms with Crippen molar-refractivity contribution in [3.05, 3.63) is 83.2 Å². The summed E-state index contributed by atoms with van der Waals surface area (Å²) in [5.41, 5.74) is 6.59. The van der Waals surface area contributed by atoms with Gasteiger partial charge in [0.1, 0.15) is 18.1 Å². The first kappa shape index (κ1) is 52.4. The van der Waals surface area contributed by atoms with E-state index >= 15 is 0 Å². The maximum atomic E-state index is 12.6. The molecule has 370 valence electrons. The molecule has 1 saturated heterocycles. The van der Waals surface area contributed by atoms with Crippen LogP contribution in [0.1, 0.15) is 117 Å². The lowest BCUT2D eigenvalue weighted by Gasteiger charge is -2.43. The van der Waals surface area contributed by atoms with Crippen LogP contribution in [0.25, 0.3) is 11.1 Å². The Balaban J connectivity index is 1.33. The molecule has 2 aromatic carbocycles. The number of nitrogens with zero attached hydrogens (tertiary/aromatic N) is 3. The molecule has 0 aromatic heterocycles. The van der Waals surface area contributed by atoms with E-state index in [4.69, 9.17) is 28.5 Å². The zero-order valence-corrected chi connectivity index (χ0v) is 42.1. The summed E-state index contributed by atoms with van der Waals surface area (Å²) in [4.78, 5) is 43.8. The second kappa shape index (κ2) is 22.2. The van der Waals surface area contributed by atoms with Crippen molar-refractivity contribution >= 4 is 56.1 Å². The molecule has 1 fully saturated rings. The van der Waals surface area contributed by atoms with Crippen LogP contribution in [0.4, 0.5) is 11.4 Å². The van der Waals surface area contributed by atoms with E-state index in [1.807, 2.05) is 6.08 Å². The van der Waals surface area contributed by atoms with Gasteiger partial charge in [0.05, 0.1) is 55.5 Å². The lowest BCUT2D eigenvalue weighted by molar-refractivity contribution is -0.438. The number of fused-ring (bicyclic) bond motifs is 3. The van der Waals surface area contributed by atoms with E-state index in [1.165, 1.54) is 11.6 Å². The molecule has 68 heavy (non-hydrogen) atoms. The van der Waals surface area contributed by atoms with Crippen LogP contribution in [0.5, 0.6) is 5.75 Å². The molecular weight excluding hydrogens is 891 g/mol. The first-order valence-corrected chi connectivity index (χ1v) is 25.1. The number of unbranched alkanes of at least 4 members (excludes halogenated alkanes) is 2. The Kier molecular flexibility index (Phi) is 17.1. The number of likely N-dealkylation sites (N-methyl/N-ethyl adjacent to an activating group) is 1. The summed E-state index contributed by atoms with van der Waals surface area (Å²) in [6.07, 6.45) is 12.9. The summed E-state index contributed by atoms with van der Waals surface area (Å²) in [6, 6.07) is 9.09. The van der Waals surface area contributed by atoms with Crippen molar-refractivity contribution in [1.29, 1.82) is 0 Å². The van der Waals surface area contributed by atoms with Gasteiger partial charge in [-0.25, -0.2) is 4.79 Å². The fourth-order valence-electron chi connectivity index (χ4n) is 9.29. The fraction of sp³-hybridized carbons (Fsp3) is 0.538. The number of allylic oxidation sites excluding steroid dienone is 7. The van der Waals surface area contributed by atoms with Gasteiger partial charge in [0.25, 0.3) is 21.9 Å². The van der Waals surface area contributed by atoms with Crippen LogP contribution in [0.15, 0.2) is 71.4 Å². The Morgan fingerprint density at radius 1 is 0.912 bits per heavy atom. The minimum absolute atomic E-state index is 0.0246. The molecule has 15 nitrogen and oxygen atoms in total. The van der Waals surface area contributed by atoms with Gasteiger partial charge in [-0.05, 0) is 89.3 Å². The third-order valence-corrected chi connectivity index (χ3v) is 13.7. The molecule has 1 atom stereocenters. The summed E-state index contributed by atoms with van der Waals surface area (Å²) in [5, 5.41) is 0.566. The van der Waals surface area contributed by atoms with Crippen LogP contribution in [-0.4, -0.2) is 118 Å². The summed E-state index contributed by atoms with van der Waals surface area (Å²) in [6.45, 7) is 21.5. The van der Waals surface area contributed by atoms with Crippen molar-refractivity contribution in [3.63, 3.8) is 0 Å². The second-order valence-corrected chi connectivity index (χ2v) is 20.8. The predicted molar refractivity (Wildman–Crippen MR) is 260 cm³/mol. The van der Waals surface area contributed by atoms with Crippen LogP contribution >= 0.6 is 0 Å². The van der Waals surface area contributed by atoms with E-state index in [9.17, 15) is 27.4 Å². The molecule has 16 heteroatoms. The number of ether oxygens (including phenoxy) is 5. The largest absolute Gasteiger partial charge is 0.460 e. The van der Waals surface area contributed by atoms with Gasteiger partial charge < -0.3 is 33.4 Å². The summed E-state index contributed by atoms with van der Waals surface area (Å²) in [5.74, 6) is -0.0706. The van der Waals surface area contributed by atoms with Crippen LogP contribution in [0, 0.1) is 5.41 Å². The third kappa shape index (κ3) is 12.2. The topological polar surface area (TPSA) is 170 Å². The highest BCUT2D eigenvalue weighted by Crippen LogP contribution is 2.48. The molecule has 2 amide bonds. The number of amides is 2. The van der Waals surface area contributed by atoms with E-state index in [1.54, 1.807) is 19.2 Å². The van der Waals surface area contributed by atoms with Crippen molar-refractivity contribution in [2.45, 2.75) is 116 Å². The Bertz CT molecular complexity index is 2480. The average Bonchev–Trinajstić information content (AvgIpc) is 3.70. The predicted octanol–water partition coefficient (Wildman–Crippen LogP) is 8.53. The fourth-order valence-corrected chi connectivity index (χ4v) is 9.79. The SMILES string of the molecule is CCN1c2cc3c(cc2C(C)=CC1(C)C)C(=CC=CC1=[N+](CCCCCC(=O)ON2C(=O)CCC2=O)c2ccc(S(=O)(=O)O)cc2C1(C)CCOCCOCCOCCOC)C=C(C(C)(C)C)O3. The van der Waals surface area contributed by atoms with Gasteiger partial charge in [-0.3, -0.25) is 14.1 Å². The van der Waals surface area contributed by atoms with Crippen molar-refractivity contribution in [3.8, 4) is 5.75 Å². The van der Waals surface area contributed by atoms with Gasteiger partial charge in [-0.1, -0.05) is 39.0 Å². The number of hydrogen-bond acceptors (Lipinski definition) is 12. The Hall–Kier alpha value is -4.97. The molecule has 0 saturated carbocycles. The summed E-state index contributed by atoms with van der Waals surface area (Å²) < 4.78 is 66.6. The Morgan fingerprint density at radius 3 is 2.21 bits per heavy atom. The molecule has 4 aliphatic heterocycles. The molecule has 1 unspecified atom stereocenters. The number of benzene rings is 2. The first-order valence-electron chi connectivity index (χ1n) is 23.7. The number of carbonyl (C=O) groups is 3. The first-order chi connectivity index (χ1) is 32.2. The van der Waals surface area contributed by atoms with E-state index in [0.29, 0.717) is 83.5 Å². The quantitative estimate of drug-likeness (QED) is 0.0487. The normalized spacial score (nSPS) is 19.6. The number of anilines is 1. The lowest BCUT2D eigenvalue weighted by Crippen LogP contribution is -2.45. The van der Waals surface area contributed by atoms with Gasteiger partial charge >= 0.3 is 5.97 Å². The van der Waals surface area contributed by atoms with Gasteiger partial charge in [0.15, 0.2) is 5.71 Å². The van der Waals surface area contributed by atoms with E-state index < -0.39 is 33.3 Å². The highest BCUT2D eigenvalue weighted by Gasteiger charge is 2.48. The van der Waals surface area contributed by atoms with E-state index in [0.717, 1.165) is 57.4 Å². The molecular formula is C52H70N3O12S+. The molecule has 0 aliphatic carbocycles. The number of imide groups is 1. The second-order valence-electron chi connectivity index (χ2n) is 19.4. The minimum Gasteiger partial charge on any atom is -0.460 e. The monoisotopic (exact) mass is 960 g/mol. The lowest BCUT2D eigenvalue weighted by atomic mass is 9.76. The maximum absolute atomic E-state index is 12.6. The third-order valence-electron chi connectivity index (χ3n) is 12.9. The van der Waals surface area contributed by atoms with Crippen molar-refractivity contribution < 1.29 is 60.5 Å². The molecule has 2 aromatic rings. The average molecular weight is 961 g/mol. The molecule has 4 heterocycles. The van der Waals surface area contributed by atoms with E-state index in [2.05, 4.69) is 101 Å². The highest BCUT2D eigenvalue weighted by atomic mass is 32.2. The standard InChI is InChI=1S/C52H69N3O12S/c1-10-54-43-34-44-40(33-39(43)36(2)35-51(54,6)7)37(31-46(66-44)50(3,4)5)15-14-16-45-52(8,22-24-63-27-28-65-30-29-64-26-25-62-9)41-32-38(68(59,60)61)18-19-42(41)53(45)23-13-11-12-17-49(58)67-55-47(56)20-21-48(55)57/h14-16,18-19,31-35H,10-13,17,20-30H2,1-9H3/p+1. The molecule has 0 bridgehead atoms. The summed E-state index contributed by atoms with van der Waals surface area (Å²) >= 11 is 0. The molecule has 1 N–H and O–H groups in total. The Labute approximate surface area is 402 Å². The van der Waals surface area contributed by atoms with Crippen molar-refractivity contribution in [1.82, 2.24) is 5.06 Å². The highest BCUT2D eigenvalue weighted by molar-refractivity contribution is 7.85. The van der Waals surface area contributed by atoms with Crippen LogP contribution in [0.2, 0.25) is 0 Å². The molecule has 4 aliphatic rings. The maximum Gasteiger partial charge on any atom is 0.333 e. The Morgan fingerprint density at radius 2 is 1.57 bits per heavy atom. The smallest absolute Gasteiger partial charge is 0.333 e. The van der Waals surface area contributed by atoms with Crippen LogP contribution in [-0.2, 0) is 53.7 Å². The summed E-state index contributed by atoms with van der Waals surface area (Å²) in [7, 11) is -2.92. The minimum atomic E-state index is -4.54. The van der Waals surface area contributed by atoms with Crippen molar-refractivity contribution in [2.24, 2.45) is 5.41 Å². The number of hydrogen-bond donors (Lipinski definition) is 1. The number of carbonyl (C=O) groups excluding carboxylic acids is 3. The van der Waals surface area contributed by atoms with Gasteiger partial charge in [0, 0.05) is 91.9 Å². The molecule has 0 radical (unpaired) electrons. The zero-order chi connectivity index (χ0) is 49.4. The van der Waals surface area contributed by atoms with Crippen LogP contribution < -0.4 is 9.64 Å². The van der Waals surface area contributed by atoms with Crippen molar-refractivity contribution in [2.75, 3.05) is 71.3 Å². The zero-order valence-electron chi connectivity index (χ0n) is 41.3. The number of hydroxylamine groups is 2. The number of rotatable bonds is 23.